The summed E-state index contributed by atoms with van der Waals surface area (Å²) < 4.78 is 5.44. The minimum absolute atomic E-state index is 0.101. The van der Waals surface area contributed by atoms with Crippen LogP contribution in [-0.4, -0.2) is 50.2 Å². The highest BCUT2D eigenvalue weighted by Crippen LogP contribution is 2.08. The number of carbonyl (C=O) groups is 1. The number of ether oxygens (including phenoxy) is 1. The molecule has 0 spiro atoms. The minimum atomic E-state index is 0.101. The number of hydrogen-bond donors (Lipinski definition) is 1. The van der Waals surface area contributed by atoms with Crippen LogP contribution in [0, 0.1) is 0 Å². The molecule has 0 radical (unpaired) electrons. The van der Waals surface area contributed by atoms with Crippen molar-refractivity contribution < 1.29 is 9.53 Å². The Morgan fingerprint density at radius 1 is 1.40 bits per heavy atom. The van der Waals surface area contributed by atoms with E-state index in [0.717, 1.165) is 32.5 Å². The second-order valence-corrected chi connectivity index (χ2v) is 4.12. The third-order valence-electron chi connectivity index (χ3n) is 2.69. The monoisotopic (exact) mass is 214 g/mol. The number of piperidine rings is 1. The van der Waals surface area contributed by atoms with Crippen molar-refractivity contribution in [3.63, 3.8) is 0 Å². The van der Waals surface area contributed by atoms with Gasteiger partial charge in [0.2, 0.25) is 5.91 Å². The summed E-state index contributed by atoms with van der Waals surface area (Å²) >= 11 is 0. The first-order valence-electron chi connectivity index (χ1n) is 5.78. The van der Waals surface area contributed by atoms with Gasteiger partial charge in [0, 0.05) is 19.6 Å². The Hall–Kier alpha value is -0.610. The first-order chi connectivity index (χ1) is 7.24. The fourth-order valence-corrected chi connectivity index (χ4v) is 1.79. The Bertz CT molecular complexity index is 191. The highest BCUT2D eigenvalue weighted by molar-refractivity contribution is 5.77. The molecule has 1 aliphatic heterocycles. The van der Waals surface area contributed by atoms with E-state index in [1.165, 1.54) is 6.42 Å². The Balaban J connectivity index is 2.16. The van der Waals surface area contributed by atoms with Gasteiger partial charge in [-0.05, 0) is 33.2 Å². The quantitative estimate of drug-likeness (QED) is 0.729. The van der Waals surface area contributed by atoms with Crippen molar-refractivity contribution in [2.24, 2.45) is 0 Å². The average molecular weight is 214 g/mol. The molecule has 1 fully saturated rings. The number of amides is 1. The fraction of sp³-hybridized carbons (Fsp3) is 0.909. The van der Waals surface area contributed by atoms with E-state index in [1.807, 2.05) is 18.9 Å². The van der Waals surface area contributed by atoms with Crippen molar-refractivity contribution in [2.45, 2.75) is 32.3 Å². The van der Waals surface area contributed by atoms with Gasteiger partial charge in [0.05, 0.1) is 6.10 Å². The Labute approximate surface area is 92.0 Å². The molecule has 0 aromatic rings. The molecule has 1 aliphatic rings. The van der Waals surface area contributed by atoms with E-state index in [2.05, 4.69) is 5.32 Å². The van der Waals surface area contributed by atoms with Gasteiger partial charge in [-0.2, -0.15) is 0 Å². The molecule has 0 saturated carbocycles. The molecule has 4 nitrogen and oxygen atoms in total. The maximum atomic E-state index is 11.7. The molecule has 88 valence electrons. The van der Waals surface area contributed by atoms with Gasteiger partial charge in [-0.3, -0.25) is 4.79 Å². The molecule has 1 N–H and O–H groups in total. The summed E-state index contributed by atoms with van der Waals surface area (Å²) in [5.74, 6) is 0.137. The summed E-state index contributed by atoms with van der Waals surface area (Å²) in [5.41, 5.74) is 0. The summed E-state index contributed by atoms with van der Waals surface area (Å²) in [5, 5.41) is 3.02. The van der Waals surface area contributed by atoms with Crippen molar-refractivity contribution in [1.29, 1.82) is 0 Å². The molecule has 15 heavy (non-hydrogen) atoms. The second kappa shape index (κ2) is 6.80. The van der Waals surface area contributed by atoms with E-state index in [0.29, 0.717) is 0 Å². The van der Waals surface area contributed by atoms with E-state index in [-0.39, 0.29) is 18.6 Å². The predicted octanol–water partition coefficient (Wildman–Crippen LogP) is 0.623. The fourth-order valence-electron chi connectivity index (χ4n) is 1.79. The van der Waals surface area contributed by atoms with Crippen LogP contribution in [0.5, 0.6) is 0 Å². The normalized spacial score (nSPS) is 18.9. The Morgan fingerprint density at radius 3 is 2.67 bits per heavy atom. The third kappa shape index (κ3) is 4.62. The standard InChI is InChI=1S/C11H22N2O2/c1-10(8-12-2)15-9-11(14)13-6-4-3-5-7-13/h10,12H,3-9H2,1-2H3. The summed E-state index contributed by atoms with van der Waals surface area (Å²) in [6, 6.07) is 0. The lowest BCUT2D eigenvalue weighted by Crippen LogP contribution is -2.39. The third-order valence-corrected chi connectivity index (χ3v) is 2.69. The van der Waals surface area contributed by atoms with Gasteiger partial charge in [-0.1, -0.05) is 0 Å². The van der Waals surface area contributed by atoms with E-state index >= 15 is 0 Å². The lowest BCUT2D eigenvalue weighted by atomic mass is 10.1. The van der Waals surface area contributed by atoms with Crippen LogP contribution in [0.2, 0.25) is 0 Å². The number of hydrogen-bond acceptors (Lipinski definition) is 3. The van der Waals surface area contributed by atoms with E-state index in [9.17, 15) is 4.79 Å². The Kier molecular flexibility index (Phi) is 5.65. The summed E-state index contributed by atoms with van der Waals surface area (Å²) in [6.45, 7) is 4.79. The van der Waals surface area contributed by atoms with Crippen LogP contribution in [0.25, 0.3) is 0 Å². The number of nitrogens with zero attached hydrogens (tertiary/aromatic N) is 1. The molecule has 4 heteroatoms. The largest absolute Gasteiger partial charge is 0.367 e. The van der Waals surface area contributed by atoms with Gasteiger partial charge in [-0.25, -0.2) is 0 Å². The summed E-state index contributed by atoms with van der Waals surface area (Å²) in [7, 11) is 1.88. The molecular formula is C11H22N2O2. The lowest BCUT2D eigenvalue weighted by molar-refractivity contribution is -0.138. The first kappa shape index (κ1) is 12.5. The van der Waals surface area contributed by atoms with Gasteiger partial charge >= 0.3 is 0 Å². The summed E-state index contributed by atoms with van der Waals surface area (Å²) in [4.78, 5) is 13.6. The minimum Gasteiger partial charge on any atom is -0.367 e. The zero-order chi connectivity index (χ0) is 11.1. The number of likely N-dealkylation sites (N-methyl/N-ethyl adjacent to an activating group) is 1. The smallest absolute Gasteiger partial charge is 0.248 e. The average Bonchev–Trinajstić information content (AvgIpc) is 2.27. The van der Waals surface area contributed by atoms with Gasteiger partial charge in [0.15, 0.2) is 0 Å². The number of rotatable bonds is 5. The van der Waals surface area contributed by atoms with E-state index < -0.39 is 0 Å². The van der Waals surface area contributed by atoms with Gasteiger partial charge in [-0.15, -0.1) is 0 Å². The van der Waals surface area contributed by atoms with Crippen LogP contribution in [0.3, 0.4) is 0 Å². The van der Waals surface area contributed by atoms with Crippen molar-refractivity contribution in [3.05, 3.63) is 0 Å². The van der Waals surface area contributed by atoms with Gasteiger partial charge in [0.1, 0.15) is 6.61 Å². The van der Waals surface area contributed by atoms with Crippen molar-refractivity contribution in [1.82, 2.24) is 10.2 Å². The van der Waals surface area contributed by atoms with E-state index in [4.69, 9.17) is 4.74 Å². The van der Waals surface area contributed by atoms with Gasteiger partial charge < -0.3 is 15.0 Å². The molecule has 1 heterocycles. The lowest BCUT2D eigenvalue weighted by Gasteiger charge is -2.27. The maximum absolute atomic E-state index is 11.7. The van der Waals surface area contributed by atoms with Crippen molar-refractivity contribution in [2.75, 3.05) is 33.3 Å². The van der Waals surface area contributed by atoms with Crippen LogP contribution in [-0.2, 0) is 9.53 Å². The predicted molar refractivity (Wildman–Crippen MR) is 59.8 cm³/mol. The molecule has 1 amide bonds. The van der Waals surface area contributed by atoms with E-state index in [1.54, 1.807) is 0 Å². The maximum Gasteiger partial charge on any atom is 0.248 e. The highest BCUT2D eigenvalue weighted by Gasteiger charge is 2.16. The molecule has 1 rings (SSSR count). The second-order valence-electron chi connectivity index (χ2n) is 4.12. The topological polar surface area (TPSA) is 41.6 Å². The van der Waals surface area contributed by atoms with Crippen molar-refractivity contribution >= 4 is 5.91 Å². The highest BCUT2D eigenvalue weighted by atomic mass is 16.5. The van der Waals surface area contributed by atoms with Crippen LogP contribution < -0.4 is 5.32 Å². The molecule has 0 aliphatic carbocycles. The number of nitrogens with one attached hydrogen (secondary N) is 1. The number of likely N-dealkylation sites (tertiary alicyclic amines) is 1. The van der Waals surface area contributed by atoms with Gasteiger partial charge in [0.25, 0.3) is 0 Å². The SMILES string of the molecule is CNCC(C)OCC(=O)N1CCCCC1. The molecular weight excluding hydrogens is 192 g/mol. The molecule has 1 atom stereocenters. The van der Waals surface area contributed by atoms with Crippen molar-refractivity contribution in [3.8, 4) is 0 Å². The zero-order valence-electron chi connectivity index (χ0n) is 9.79. The van der Waals surface area contributed by atoms with Crippen LogP contribution in [0.1, 0.15) is 26.2 Å². The molecule has 1 unspecified atom stereocenters. The molecule has 0 bridgehead atoms. The molecule has 1 saturated heterocycles. The van der Waals surface area contributed by atoms with Crippen LogP contribution in [0.4, 0.5) is 0 Å². The Morgan fingerprint density at radius 2 is 2.07 bits per heavy atom. The van der Waals surface area contributed by atoms with Crippen LogP contribution >= 0.6 is 0 Å². The summed E-state index contributed by atoms with van der Waals surface area (Å²) in [6.07, 6.45) is 3.62. The first-order valence-corrected chi connectivity index (χ1v) is 5.78. The molecule has 0 aromatic heterocycles. The zero-order valence-corrected chi connectivity index (χ0v) is 9.79. The molecule has 0 aromatic carbocycles. The van der Waals surface area contributed by atoms with Crippen LogP contribution in [0.15, 0.2) is 0 Å². The number of carbonyl (C=O) groups excluding carboxylic acids is 1.